The highest BCUT2D eigenvalue weighted by Gasteiger charge is 2.25. The SMILES string of the molecule is COc1cc(Nc2nc3ccccc3nc2NS(=O)(=O)c2cccc(NC(=O)CN(C)C3CCN(C)C3)c2)cc(OC)c1. The number of likely N-dealkylation sites (N-methyl/N-ethyl adjacent to an activating group) is 2. The quantitative estimate of drug-likeness (QED) is 0.232. The Hall–Kier alpha value is -4.46. The zero-order chi connectivity index (χ0) is 30.6. The fourth-order valence-electron chi connectivity index (χ4n) is 4.93. The number of methoxy groups -OCH3 is 2. The topological polar surface area (TPSA) is 138 Å². The van der Waals surface area contributed by atoms with Crippen LogP contribution in [0.25, 0.3) is 11.0 Å². The minimum Gasteiger partial charge on any atom is -0.497 e. The molecule has 1 amide bonds. The fraction of sp³-hybridized carbons (Fsp3) is 0.300. The van der Waals surface area contributed by atoms with E-state index in [0.29, 0.717) is 39.9 Å². The number of aromatic nitrogens is 2. The average Bonchev–Trinajstić information content (AvgIpc) is 3.43. The zero-order valence-corrected chi connectivity index (χ0v) is 25.3. The predicted molar refractivity (Wildman–Crippen MR) is 167 cm³/mol. The second-order valence-corrected chi connectivity index (χ2v) is 12.1. The van der Waals surface area contributed by atoms with Gasteiger partial charge in [0, 0.05) is 42.2 Å². The van der Waals surface area contributed by atoms with Crippen molar-refractivity contribution in [3.8, 4) is 11.5 Å². The number of nitrogens with zero attached hydrogens (tertiary/aromatic N) is 4. The van der Waals surface area contributed by atoms with Crippen molar-refractivity contribution < 1.29 is 22.7 Å². The number of carbonyl (C=O) groups excluding carboxylic acids is 1. The van der Waals surface area contributed by atoms with Crippen LogP contribution in [0.3, 0.4) is 0 Å². The van der Waals surface area contributed by atoms with Crippen molar-refractivity contribution in [2.45, 2.75) is 17.4 Å². The first kappa shape index (κ1) is 30.0. The van der Waals surface area contributed by atoms with E-state index in [9.17, 15) is 13.2 Å². The van der Waals surface area contributed by atoms with Crippen LogP contribution >= 0.6 is 0 Å². The van der Waals surface area contributed by atoms with Gasteiger partial charge in [-0.2, -0.15) is 0 Å². The molecule has 3 aromatic carbocycles. The third-order valence-electron chi connectivity index (χ3n) is 7.23. The van der Waals surface area contributed by atoms with Gasteiger partial charge in [-0.15, -0.1) is 0 Å². The third-order valence-corrected chi connectivity index (χ3v) is 8.56. The maximum Gasteiger partial charge on any atom is 0.263 e. The molecule has 3 N–H and O–H groups in total. The highest BCUT2D eigenvalue weighted by Crippen LogP contribution is 2.31. The summed E-state index contributed by atoms with van der Waals surface area (Å²) in [6.45, 7) is 2.10. The molecule has 12 nitrogen and oxygen atoms in total. The number of para-hydroxylation sites is 2. The number of rotatable bonds is 11. The number of fused-ring (bicyclic) bond motifs is 1. The number of benzene rings is 3. The van der Waals surface area contributed by atoms with Gasteiger partial charge in [-0.25, -0.2) is 18.4 Å². The van der Waals surface area contributed by atoms with Crippen LogP contribution in [0.1, 0.15) is 6.42 Å². The Morgan fingerprint density at radius 1 is 0.953 bits per heavy atom. The fourth-order valence-corrected chi connectivity index (χ4v) is 5.98. The van der Waals surface area contributed by atoms with Crippen LogP contribution in [-0.4, -0.2) is 88.1 Å². The van der Waals surface area contributed by atoms with Gasteiger partial charge in [0.15, 0.2) is 11.6 Å². The number of likely N-dealkylation sites (tertiary alicyclic amines) is 1. The molecule has 0 spiro atoms. The summed E-state index contributed by atoms with van der Waals surface area (Å²) in [4.78, 5) is 26.2. The van der Waals surface area contributed by atoms with E-state index in [1.807, 2.05) is 18.0 Å². The molecule has 4 aromatic rings. The second-order valence-electron chi connectivity index (χ2n) is 10.4. The van der Waals surface area contributed by atoms with Gasteiger partial charge in [0.05, 0.1) is 36.7 Å². The molecule has 1 unspecified atom stereocenters. The molecule has 13 heteroatoms. The van der Waals surface area contributed by atoms with E-state index in [4.69, 9.17) is 9.47 Å². The first-order chi connectivity index (χ1) is 20.6. The number of carbonyl (C=O) groups is 1. The second kappa shape index (κ2) is 12.8. The van der Waals surface area contributed by atoms with Crippen molar-refractivity contribution in [3.63, 3.8) is 0 Å². The van der Waals surface area contributed by atoms with Crippen LogP contribution in [0, 0.1) is 0 Å². The van der Waals surface area contributed by atoms with Crippen LogP contribution < -0.4 is 24.8 Å². The number of hydrogen-bond acceptors (Lipinski definition) is 10. The first-order valence-corrected chi connectivity index (χ1v) is 15.2. The smallest absolute Gasteiger partial charge is 0.263 e. The molecule has 1 atom stereocenters. The molecule has 1 aliphatic rings. The molecule has 0 aliphatic carbocycles. The molecule has 0 saturated carbocycles. The Labute approximate surface area is 251 Å². The Morgan fingerprint density at radius 2 is 1.63 bits per heavy atom. The highest BCUT2D eigenvalue weighted by atomic mass is 32.2. The van der Waals surface area contributed by atoms with Crippen molar-refractivity contribution in [1.29, 1.82) is 0 Å². The third kappa shape index (κ3) is 7.31. The van der Waals surface area contributed by atoms with Crippen molar-refractivity contribution in [3.05, 3.63) is 66.7 Å². The summed E-state index contributed by atoms with van der Waals surface area (Å²) in [5.74, 6) is 1.04. The summed E-state index contributed by atoms with van der Waals surface area (Å²) in [7, 11) is 2.93. The standard InChI is InChI=1S/C30H35N7O5S/c1-36-13-12-22(18-36)37(2)19-28(38)31-20-8-7-9-25(16-20)43(39,40)35-30-29(33-26-10-5-6-11-27(26)34-30)32-21-14-23(41-3)17-24(15-21)42-4/h5-11,14-17,22H,12-13,18-19H2,1-4H3,(H,31,38)(H,32,33)(H,34,35). The molecular weight excluding hydrogens is 570 g/mol. The van der Waals surface area contributed by atoms with Gasteiger partial charge in [0.25, 0.3) is 10.0 Å². The predicted octanol–water partition coefficient (Wildman–Crippen LogP) is 3.77. The zero-order valence-electron chi connectivity index (χ0n) is 24.5. The Balaban J connectivity index is 1.38. The Bertz CT molecular complexity index is 1710. The lowest BCUT2D eigenvalue weighted by Crippen LogP contribution is -2.39. The van der Waals surface area contributed by atoms with E-state index in [1.165, 1.54) is 26.4 Å². The van der Waals surface area contributed by atoms with Crippen LogP contribution in [0.15, 0.2) is 71.6 Å². The van der Waals surface area contributed by atoms with Gasteiger partial charge in [0.1, 0.15) is 11.5 Å². The van der Waals surface area contributed by atoms with Crippen LogP contribution in [0.2, 0.25) is 0 Å². The number of anilines is 4. The van der Waals surface area contributed by atoms with E-state index < -0.39 is 10.0 Å². The van der Waals surface area contributed by atoms with Gasteiger partial charge in [-0.1, -0.05) is 18.2 Å². The average molecular weight is 606 g/mol. The maximum absolute atomic E-state index is 13.6. The molecular formula is C30H35N7O5S. The molecule has 2 heterocycles. The monoisotopic (exact) mass is 605 g/mol. The van der Waals surface area contributed by atoms with Crippen LogP contribution in [0.5, 0.6) is 11.5 Å². The molecule has 1 fully saturated rings. The molecule has 1 aliphatic heterocycles. The first-order valence-electron chi connectivity index (χ1n) is 13.7. The summed E-state index contributed by atoms with van der Waals surface area (Å²) in [5, 5.41) is 5.97. The number of hydrogen-bond donors (Lipinski definition) is 3. The molecule has 0 bridgehead atoms. The number of sulfonamides is 1. The summed E-state index contributed by atoms with van der Waals surface area (Å²) in [5.41, 5.74) is 2.01. The minimum absolute atomic E-state index is 0.00178. The molecule has 0 radical (unpaired) electrons. The molecule has 1 saturated heterocycles. The molecule has 1 aromatic heterocycles. The largest absolute Gasteiger partial charge is 0.497 e. The highest BCUT2D eigenvalue weighted by molar-refractivity contribution is 7.92. The Morgan fingerprint density at radius 3 is 2.26 bits per heavy atom. The van der Waals surface area contributed by atoms with Crippen molar-refractivity contribution in [2.24, 2.45) is 0 Å². The van der Waals surface area contributed by atoms with E-state index in [2.05, 4.69) is 37.3 Å². The van der Waals surface area contributed by atoms with Gasteiger partial charge in [-0.3, -0.25) is 14.4 Å². The van der Waals surface area contributed by atoms with Crippen molar-refractivity contribution >= 4 is 50.0 Å². The summed E-state index contributed by atoms with van der Waals surface area (Å²) in [6, 6.07) is 18.7. The normalized spacial score (nSPS) is 15.4. The summed E-state index contributed by atoms with van der Waals surface area (Å²) < 4.78 is 40.5. The number of ether oxygens (including phenoxy) is 2. The van der Waals surface area contributed by atoms with E-state index >= 15 is 0 Å². The number of amides is 1. The van der Waals surface area contributed by atoms with Crippen LogP contribution in [0.4, 0.5) is 23.0 Å². The minimum atomic E-state index is -4.13. The van der Waals surface area contributed by atoms with Crippen LogP contribution in [-0.2, 0) is 14.8 Å². The van der Waals surface area contributed by atoms with Gasteiger partial charge < -0.3 is 25.0 Å². The lowest BCUT2D eigenvalue weighted by atomic mass is 10.2. The van der Waals surface area contributed by atoms with E-state index in [-0.39, 0.29) is 29.0 Å². The molecule has 226 valence electrons. The van der Waals surface area contributed by atoms with E-state index in [1.54, 1.807) is 48.5 Å². The maximum atomic E-state index is 13.6. The number of nitrogens with one attached hydrogen (secondary N) is 3. The van der Waals surface area contributed by atoms with E-state index in [0.717, 1.165) is 19.5 Å². The van der Waals surface area contributed by atoms with Gasteiger partial charge in [0.2, 0.25) is 5.91 Å². The summed E-state index contributed by atoms with van der Waals surface area (Å²) >= 11 is 0. The van der Waals surface area contributed by atoms with Crippen molar-refractivity contribution in [2.75, 3.05) is 63.3 Å². The molecule has 43 heavy (non-hydrogen) atoms. The lowest BCUT2D eigenvalue weighted by Gasteiger charge is -2.23. The van der Waals surface area contributed by atoms with Gasteiger partial charge >= 0.3 is 0 Å². The Kier molecular flexibility index (Phi) is 8.94. The van der Waals surface area contributed by atoms with Crippen molar-refractivity contribution in [1.82, 2.24) is 19.8 Å². The molecule has 5 rings (SSSR count). The van der Waals surface area contributed by atoms with Gasteiger partial charge in [-0.05, 0) is 57.4 Å². The summed E-state index contributed by atoms with van der Waals surface area (Å²) in [6.07, 6.45) is 1.000. The lowest BCUT2D eigenvalue weighted by molar-refractivity contribution is -0.117.